The van der Waals surface area contributed by atoms with Crippen LogP contribution < -0.4 is 0 Å². The molecule has 0 aliphatic carbocycles. The van der Waals surface area contributed by atoms with Gasteiger partial charge in [0.2, 0.25) is 0 Å². The predicted molar refractivity (Wildman–Crippen MR) is 64.5 cm³/mol. The zero-order valence-corrected chi connectivity index (χ0v) is 9.62. The summed E-state index contributed by atoms with van der Waals surface area (Å²) in [5.41, 5.74) is 1.95. The number of benzene rings is 1. The highest BCUT2D eigenvalue weighted by atomic mass is 32.2. The Morgan fingerprint density at radius 1 is 1.33 bits per heavy atom. The SMILES string of the molecule is CC1(C)N=C(c2ccccc2)C(C=O)S1. The third-order valence-electron chi connectivity index (χ3n) is 2.27. The normalized spacial score (nSPS) is 23.6. The topological polar surface area (TPSA) is 29.4 Å². The first-order valence-electron chi connectivity index (χ1n) is 4.91. The van der Waals surface area contributed by atoms with Gasteiger partial charge in [-0.25, -0.2) is 0 Å². The summed E-state index contributed by atoms with van der Waals surface area (Å²) in [5, 5.41) is -0.123. The Balaban J connectivity index is 2.40. The summed E-state index contributed by atoms with van der Waals surface area (Å²) in [4.78, 5) is 15.4. The van der Waals surface area contributed by atoms with Crippen LogP contribution in [-0.2, 0) is 4.79 Å². The van der Waals surface area contributed by atoms with Crippen molar-refractivity contribution in [2.45, 2.75) is 24.0 Å². The van der Waals surface area contributed by atoms with E-state index < -0.39 is 0 Å². The lowest BCUT2D eigenvalue weighted by atomic mass is 10.1. The van der Waals surface area contributed by atoms with Crippen LogP contribution >= 0.6 is 11.8 Å². The minimum atomic E-state index is -0.184. The Morgan fingerprint density at radius 2 is 2.00 bits per heavy atom. The largest absolute Gasteiger partial charge is 0.302 e. The summed E-state index contributed by atoms with van der Waals surface area (Å²) in [6.45, 7) is 4.06. The number of aldehydes is 1. The van der Waals surface area contributed by atoms with Crippen LogP contribution in [0.3, 0.4) is 0 Å². The minimum absolute atomic E-state index is 0.123. The highest BCUT2D eigenvalue weighted by Crippen LogP contribution is 2.38. The third kappa shape index (κ3) is 2.12. The zero-order valence-electron chi connectivity index (χ0n) is 8.81. The van der Waals surface area contributed by atoms with Gasteiger partial charge < -0.3 is 4.79 Å². The van der Waals surface area contributed by atoms with Crippen molar-refractivity contribution in [1.82, 2.24) is 0 Å². The van der Waals surface area contributed by atoms with Crippen molar-refractivity contribution < 1.29 is 4.79 Å². The van der Waals surface area contributed by atoms with Crippen LogP contribution in [0.15, 0.2) is 35.3 Å². The van der Waals surface area contributed by atoms with Crippen molar-refractivity contribution >= 4 is 23.8 Å². The molecule has 1 aromatic carbocycles. The third-order valence-corrected chi connectivity index (χ3v) is 3.52. The molecule has 0 N–H and O–H groups in total. The van der Waals surface area contributed by atoms with Crippen LogP contribution in [0.2, 0.25) is 0 Å². The number of rotatable bonds is 2. The zero-order chi connectivity index (χ0) is 10.9. The van der Waals surface area contributed by atoms with Crippen LogP contribution in [-0.4, -0.2) is 22.1 Å². The Bertz CT molecular complexity index is 397. The number of carbonyl (C=O) groups excluding carboxylic acids is 1. The van der Waals surface area contributed by atoms with Crippen molar-refractivity contribution in [1.29, 1.82) is 0 Å². The molecule has 1 atom stereocenters. The van der Waals surface area contributed by atoms with Crippen LogP contribution in [0.25, 0.3) is 0 Å². The number of hydrogen-bond acceptors (Lipinski definition) is 3. The average molecular weight is 219 g/mol. The summed E-state index contributed by atoms with van der Waals surface area (Å²) < 4.78 is 0. The quantitative estimate of drug-likeness (QED) is 0.715. The lowest BCUT2D eigenvalue weighted by molar-refractivity contribution is -0.106. The number of nitrogens with zero attached hydrogens (tertiary/aromatic N) is 1. The number of hydrogen-bond donors (Lipinski definition) is 0. The van der Waals surface area contributed by atoms with Crippen molar-refractivity contribution in [2.24, 2.45) is 4.99 Å². The maximum Gasteiger partial charge on any atom is 0.139 e. The number of aliphatic imine (C=N–C) groups is 1. The van der Waals surface area contributed by atoms with E-state index in [1.165, 1.54) is 0 Å². The Kier molecular flexibility index (Phi) is 2.65. The highest BCUT2D eigenvalue weighted by Gasteiger charge is 2.34. The molecule has 0 aromatic heterocycles. The van der Waals surface area contributed by atoms with Gasteiger partial charge in [0.05, 0.1) is 5.71 Å². The van der Waals surface area contributed by atoms with Crippen LogP contribution in [0.4, 0.5) is 0 Å². The van der Waals surface area contributed by atoms with Gasteiger partial charge in [0.15, 0.2) is 0 Å². The maximum atomic E-state index is 11.0. The summed E-state index contributed by atoms with van der Waals surface area (Å²) in [6, 6.07) is 9.90. The molecule has 0 fully saturated rings. The van der Waals surface area contributed by atoms with Gasteiger partial charge in [-0.2, -0.15) is 0 Å². The molecule has 0 spiro atoms. The van der Waals surface area contributed by atoms with E-state index in [2.05, 4.69) is 4.99 Å². The van der Waals surface area contributed by atoms with E-state index in [0.29, 0.717) is 0 Å². The van der Waals surface area contributed by atoms with Crippen molar-refractivity contribution in [2.75, 3.05) is 0 Å². The fraction of sp³-hybridized carbons (Fsp3) is 0.333. The molecule has 1 heterocycles. The molecule has 78 valence electrons. The van der Waals surface area contributed by atoms with Gasteiger partial charge in [-0.1, -0.05) is 30.3 Å². The molecule has 0 saturated carbocycles. The molecule has 1 aliphatic rings. The standard InChI is InChI=1S/C12H13NOS/c1-12(2)13-11(10(8-14)15-12)9-6-4-3-5-7-9/h3-8,10H,1-2H3. The van der Waals surface area contributed by atoms with Gasteiger partial charge in [-0.15, -0.1) is 11.8 Å². The van der Waals surface area contributed by atoms with E-state index in [1.54, 1.807) is 11.8 Å². The van der Waals surface area contributed by atoms with Crippen LogP contribution in [0.5, 0.6) is 0 Å². The fourth-order valence-corrected chi connectivity index (χ4v) is 2.80. The molecular weight excluding hydrogens is 206 g/mol. The van der Waals surface area contributed by atoms with Crippen LogP contribution in [0.1, 0.15) is 19.4 Å². The van der Waals surface area contributed by atoms with E-state index in [4.69, 9.17) is 0 Å². The molecule has 0 bridgehead atoms. The lowest BCUT2D eigenvalue weighted by Gasteiger charge is -2.11. The molecule has 2 rings (SSSR count). The van der Waals surface area contributed by atoms with Gasteiger partial charge in [0, 0.05) is 0 Å². The first-order valence-corrected chi connectivity index (χ1v) is 5.79. The minimum Gasteiger partial charge on any atom is -0.302 e. The molecule has 0 radical (unpaired) electrons. The molecule has 3 heteroatoms. The average Bonchev–Trinajstić information content (AvgIpc) is 2.55. The molecular formula is C12H13NOS. The van der Waals surface area contributed by atoms with Gasteiger partial charge in [-0.05, 0) is 19.4 Å². The summed E-state index contributed by atoms with van der Waals surface area (Å²) in [6.07, 6.45) is 0.977. The summed E-state index contributed by atoms with van der Waals surface area (Å²) >= 11 is 1.60. The van der Waals surface area contributed by atoms with Crippen LogP contribution in [0, 0.1) is 0 Å². The molecule has 1 aromatic rings. The summed E-state index contributed by atoms with van der Waals surface area (Å²) in [7, 11) is 0. The predicted octanol–water partition coefficient (Wildman–Crippen LogP) is 2.53. The Morgan fingerprint density at radius 3 is 2.60 bits per heavy atom. The van der Waals surface area contributed by atoms with Gasteiger partial charge >= 0.3 is 0 Å². The van der Waals surface area contributed by atoms with Crippen molar-refractivity contribution in [3.8, 4) is 0 Å². The van der Waals surface area contributed by atoms with E-state index in [-0.39, 0.29) is 10.1 Å². The number of thioether (sulfide) groups is 1. The van der Waals surface area contributed by atoms with Gasteiger partial charge in [0.1, 0.15) is 16.4 Å². The second-order valence-electron chi connectivity index (χ2n) is 3.98. The molecule has 2 nitrogen and oxygen atoms in total. The maximum absolute atomic E-state index is 11.0. The first kappa shape index (κ1) is 10.4. The number of carbonyl (C=O) groups is 1. The van der Waals surface area contributed by atoms with Crippen molar-refractivity contribution in [3.63, 3.8) is 0 Å². The van der Waals surface area contributed by atoms with Gasteiger partial charge in [0.25, 0.3) is 0 Å². The Labute approximate surface area is 93.8 Å². The summed E-state index contributed by atoms with van der Waals surface area (Å²) in [5.74, 6) is 0. The molecule has 0 saturated heterocycles. The molecule has 1 aliphatic heterocycles. The molecule has 1 unspecified atom stereocenters. The second-order valence-corrected chi connectivity index (χ2v) is 5.73. The van der Waals surface area contributed by atoms with E-state index in [0.717, 1.165) is 17.6 Å². The second kappa shape index (κ2) is 3.81. The van der Waals surface area contributed by atoms with Gasteiger partial charge in [-0.3, -0.25) is 4.99 Å². The smallest absolute Gasteiger partial charge is 0.139 e. The van der Waals surface area contributed by atoms with E-state index in [1.807, 2.05) is 44.2 Å². The van der Waals surface area contributed by atoms with Crippen molar-refractivity contribution in [3.05, 3.63) is 35.9 Å². The molecule has 15 heavy (non-hydrogen) atoms. The van der Waals surface area contributed by atoms with E-state index in [9.17, 15) is 4.79 Å². The highest BCUT2D eigenvalue weighted by molar-refractivity contribution is 8.03. The van der Waals surface area contributed by atoms with E-state index >= 15 is 0 Å². The molecule has 0 amide bonds. The Hall–Kier alpha value is -1.09. The fourth-order valence-electron chi connectivity index (χ4n) is 1.68. The first-order chi connectivity index (χ1) is 7.12. The monoisotopic (exact) mass is 219 g/mol. The lowest BCUT2D eigenvalue weighted by Crippen LogP contribution is -2.16.